The number of amides is 1. The van der Waals surface area contributed by atoms with E-state index < -0.39 is 12.1 Å². The molecule has 0 saturated carbocycles. The third-order valence-corrected chi connectivity index (χ3v) is 6.44. The average Bonchev–Trinajstić information content (AvgIpc) is 3.14. The molecule has 5 rings (SSSR count). The number of piperidine rings is 1. The maximum Gasteiger partial charge on any atom is 0.471 e. The van der Waals surface area contributed by atoms with E-state index in [4.69, 9.17) is 16.1 Å². The molecule has 2 aliphatic rings. The standard InChI is InChI=1S/C23H20ClF3N4O2/c24-16-4-5-17-15(11-16)12-31(22(32)23(25,26)27)13-18-20(17)21(29-33-18)14-6-9-30(10-7-14)19-3-1-2-8-28-19/h1-5,8,11,14H,6-7,9-10,12-13H2. The van der Waals surface area contributed by atoms with E-state index in [2.05, 4.69) is 15.0 Å². The molecule has 0 unspecified atom stereocenters. The first-order valence-electron chi connectivity index (χ1n) is 10.6. The normalized spacial score (nSPS) is 16.8. The molecule has 1 amide bonds. The molecular weight excluding hydrogens is 457 g/mol. The summed E-state index contributed by atoms with van der Waals surface area (Å²) in [6.45, 7) is 1.03. The molecule has 0 radical (unpaired) electrons. The number of nitrogens with zero attached hydrogens (tertiary/aromatic N) is 4. The molecule has 0 N–H and O–H groups in total. The van der Waals surface area contributed by atoms with Crippen LogP contribution < -0.4 is 4.90 Å². The minimum absolute atomic E-state index is 0.0749. The molecular formula is C23H20ClF3N4O2. The van der Waals surface area contributed by atoms with E-state index in [-0.39, 0.29) is 24.8 Å². The number of fused-ring (bicyclic) bond motifs is 3. The zero-order valence-corrected chi connectivity index (χ0v) is 18.2. The van der Waals surface area contributed by atoms with Crippen molar-refractivity contribution in [2.24, 2.45) is 0 Å². The van der Waals surface area contributed by atoms with E-state index in [1.165, 1.54) is 0 Å². The topological polar surface area (TPSA) is 62.5 Å². The van der Waals surface area contributed by atoms with E-state index in [1.54, 1.807) is 24.4 Å². The summed E-state index contributed by atoms with van der Waals surface area (Å²) in [6.07, 6.45) is -1.63. The second-order valence-electron chi connectivity index (χ2n) is 8.28. The maximum absolute atomic E-state index is 13.2. The lowest BCUT2D eigenvalue weighted by atomic mass is 9.87. The van der Waals surface area contributed by atoms with Crippen molar-refractivity contribution < 1.29 is 22.5 Å². The highest BCUT2D eigenvalue weighted by Crippen LogP contribution is 2.42. The van der Waals surface area contributed by atoms with Crippen molar-refractivity contribution in [3.8, 4) is 11.1 Å². The number of benzene rings is 1. The van der Waals surface area contributed by atoms with Crippen LogP contribution in [0.1, 0.15) is 35.8 Å². The fourth-order valence-electron chi connectivity index (χ4n) is 4.63. The Hall–Kier alpha value is -3.07. The molecule has 1 aromatic carbocycles. The molecule has 0 atom stereocenters. The van der Waals surface area contributed by atoms with Crippen molar-refractivity contribution >= 4 is 23.3 Å². The van der Waals surface area contributed by atoms with E-state index in [1.807, 2.05) is 18.2 Å². The van der Waals surface area contributed by atoms with Crippen molar-refractivity contribution in [2.45, 2.75) is 38.0 Å². The van der Waals surface area contributed by atoms with Gasteiger partial charge in [0, 0.05) is 36.8 Å². The van der Waals surface area contributed by atoms with Crippen LogP contribution in [-0.4, -0.2) is 40.2 Å². The first kappa shape index (κ1) is 21.8. The predicted molar refractivity (Wildman–Crippen MR) is 116 cm³/mol. The van der Waals surface area contributed by atoms with Crippen molar-refractivity contribution in [3.05, 3.63) is 64.6 Å². The molecule has 4 heterocycles. The van der Waals surface area contributed by atoms with Crippen LogP contribution in [0.15, 0.2) is 47.1 Å². The number of pyridine rings is 1. The number of alkyl halides is 3. The summed E-state index contributed by atoms with van der Waals surface area (Å²) in [5.41, 5.74) is 2.63. The van der Waals surface area contributed by atoms with Crippen molar-refractivity contribution in [2.75, 3.05) is 18.0 Å². The number of hydrogen-bond acceptors (Lipinski definition) is 5. The van der Waals surface area contributed by atoms with Gasteiger partial charge in [0.1, 0.15) is 5.82 Å². The maximum atomic E-state index is 13.2. The molecule has 3 aromatic rings. The van der Waals surface area contributed by atoms with E-state index in [0.717, 1.165) is 42.3 Å². The first-order valence-corrected chi connectivity index (χ1v) is 11.0. The summed E-state index contributed by atoms with van der Waals surface area (Å²) >= 11 is 6.13. The summed E-state index contributed by atoms with van der Waals surface area (Å²) < 4.78 is 45.1. The average molecular weight is 477 g/mol. The van der Waals surface area contributed by atoms with Gasteiger partial charge in [0.2, 0.25) is 0 Å². The highest BCUT2D eigenvalue weighted by Gasteiger charge is 2.44. The van der Waals surface area contributed by atoms with Gasteiger partial charge in [0.15, 0.2) is 5.76 Å². The van der Waals surface area contributed by atoms with Gasteiger partial charge in [0.05, 0.1) is 17.8 Å². The number of aromatic nitrogens is 2. The minimum atomic E-state index is -4.98. The lowest BCUT2D eigenvalue weighted by Gasteiger charge is -2.32. The van der Waals surface area contributed by atoms with Crippen LogP contribution >= 0.6 is 11.6 Å². The highest BCUT2D eigenvalue weighted by molar-refractivity contribution is 6.30. The Morgan fingerprint density at radius 1 is 1.12 bits per heavy atom. The molecule has 2 aliphatic heterocycles. The lowest BCUT2D eigenvalue weighted by molar-refractivity contribution is -0.187. The SMILES string of the molecule is O=C(N1Cc2cc(Cl)ccc2-c2c(C3CCN(c4ccccn4)CC3)noc2C1)C(F)(F)F. The molecule has 10 heteroatoms. The molecule has 0 spiro atoms. The molecule has 2 aromatic heterocycles. The number of rotatable bonds is 2. The fourth-order valence-corrected chi connectivity index (χ4v) is 4.83. The van der Waals surface area contributed by atoms with Crippen molar-refractivity contribution in [1.82, 2.24) is 15.0 Å². The number of carbonyl (C=O) groups excluding carboxylic acids is 1. The highest BCUT2D eigenvalue weighted by atomic mass is 35.5. The molecule has 172 valence electrons. The molecule has 1 fully saturated rings. The number of halogens is 4. The van der Waals surface area contributed by atoms with Gasteiger partial charge < -0.3 is 14.3 Å². The van der Waals surface area contributed by atoms with Gasteiger partial charge >= 0.3 is 12.1 Å². The minimum Gasteiger partial charge on any atom is -0.359 e. The Kier molecular flexibility index (Phi) is 5.52. The zero-order valence-electron chi connectivity index (χ0n) is 17.5. The van der Waals surface area contributed by atoms with Crippen LogP contribution in [0.5, 0.6) is 0 Å². The van der Waals surface area contributed by atoms with Crippen LogP contribution in [0.2, 0.25) is 5.02 Å². The van der Waals surface area contributed by atoms with Crippen LogP contribution in [-0.2, 0) is 17.9 Å². The lowest BCUT2D eigenvalue weighted by Crippen LogP contribution is -2.39. The van der Waals surface area contributed by atoms with Gasteiger partial charge in [-0.25, -0.2) is 4.98 Å². The van der Waals surface area contributed by atoms with Gasteiger partial charge in [-0.2, -0.15) is 13.2 Å². The van der Waals surface area contributed by atoms with Gasteiger partial charge in [-0.3, -0.25) is 4.79 Å². The zero-order chi connectivity index (χ0) is 23.2. The first-order chi connectivity index (χ1) is 15.8. The summed E-state index contributed by atoms with van der Waals surface area (Å²) in [7, 11) is 0. The van der Waals surface area contributed by atoms with Gasteiger partial charge in [-0.15, -0.1) is 0 Å². The molecule has 0 bridgehead atoms. The Morgan fingerprint density at radius 3 is 2.61 bits per heavy atom. The van der Waals surface area contributed by atoms with Gasteiger partial charge in [-0.05, 0) is 48.2 Å². The number of hydrogen-bond donors (Lipinski definition) is 0. The summed E-state index contributed by atoms with van der Waals surface area (Å²) in [5, 5.41) is 4.66. The third kappa shape index (κ3) is 4.17. The Balaban J connectivity index is 1.47. The second-order valence-corrected chi connectivity index (χ2v) is 8.71. The summed E-state index contributed by atoms with van der Waals surface area (Å²) in [4.78, 5) is 19.4. The van der Waals surface area contributed by atoms with Crippen LogP contribution in [0.4, 0.5) is 19.0 Å². The third-order valence-electron chi connectivity index (χ3n) is 6.21. The Labute approximate surface area is 192 Å². The summed E-state index contributed by atoms with van der Waals surface area (Å²) in [6, 6.07) is 10.8. The quantitative estimate of drug-likeness (QED) is 0.510. The monoisotopic (exact) mass is 476 g/mol. The van der Waals surface area contributed by atoms with Crippen LogP contribution in [0.25, 0.3) is 11.1 Å². The fraction of sp³-hybridized carbons (Fsp3) is 0.348. The molecule has 1 saturated heterocycles. The van der Waals surface area contributed by atoms with Crippen LogP contribution in [0, 0.1) is 0 Å². The van der Waals surface area contributed by atoms with Crippen LogP contribution in [0.3, 0.4) is 0 Å². The van der Waals surface area contributed by atoms with Gasteiger partial charge in [0.25, 0.3) is 0 Å². The number of anilines is 1. The Morgan fingerprint density at radius 2 is 1.91 bits per heavy atom. The van der Waals surface area contributed by atoms with Gasteiger partial charge in [-0.1, -0.05) is 28.9 Å². The second kappa shape index (κ2) is 8.37. The molecule has 0 aliphatic carbocycles. The van der Waals surface area contributed by atoms with Crippen molar-refractivity contribution in [1.29, 1.82) is 0 Å². The number of carbonyl (C=O) groups is 1. The van der Waals surface area contributed by atoms with E-state index in [0.29, 0.717) is 21.7 Å². The van der Waals surface area contributed by atoms with Crippen molar-refractivity contribution in [3.63, 3.8) is 0 Å². The molecule has 33 heavy (non-hydrogen) atoms. The van der Waals surface area contributed by atoms with E-state index in [9.17, 15) is 18.0 Å². The molecule has 6 nitrogen and oxygen atoms in total. The Bertz CT molecular complexity index is 1170. The predicted octanol–water partition coefficient (Wildman–Crippen LogP) is 5.18. The summed E-state index contributed by atoms with van der Waals surface area (Å²) in [5.74, 6) is -0.666. The smallest absolute Gasteiger partial charge is 0.359 e. The van der Waals surface area contributed by atoms with E-state index >= 15 is 0 Å². The largest absolute Gasteiger partial charge is 0.471 e.